The predicted octanol–water partition coefficient (Wildman–Crippen LogP) is 21.3. The molecule has 6 N–H and O–H groups in total. The number of carboxylic acids is 6. The van der Waals surface area contributed by atoms with Crippen molar-refractivity contribution in [1.82, 2.24) is 19.6 Å². The molecule has 17 rings (SSSR count). The van der Waals surface area contributed by atoms with Crippen molar-refractivity contribution in [3.8, 4) is 17.2 Å². The standard InChI is InChI=1S/C31H51NO3.C27H26N2O5S2.C25H22N2O3S2.C19H20N4O7.C13H16N2O2/c1-4-5-6-7-8-9-10-11-12-13-14-15-16-17-18-19-24-32-26(2)27(3)35-30-25-28(20-22-29(30)32)21-23-31(33)34;1-33-17-10-12-22(23(14-17)34-2)29-20-7-4-6-18(20)19-13-16(9-11-21(19)29)5-3-8-24-26(32)28(15-25(30)31)27(35)36-24;28-23(29)15-26-24(30)22(32-25(26)31)11-4-6-16-12-13-21-19(14-16)18-9-5-10-20(18)27(21)17-7-2-1-3-8-17;1-20-5-6-21(2)14-8-11(3-4-13(14)20)7-12-17(28)22(9-15(24)25)19(30)23(18(12)29)10-16(26)27;1-14-7-8-15(2)12-9-10(3-5-11(12)14)4-6-13(16)17/h20-23,25-27H,4-19,24H2,1-3H3,(H,33,34);3,5,8-14,18,20H,4,6-7,15H2,1-2H3,(H,30,31);1-4,6-8,11-14,18,20H,5,9-10,15H2,(H,28,29);3-4,7-8H,5-6,9-10H2,1-2H3,(H,24,25)(H,26,27);3-6,9H,7-8H2,1-2H3,(H,16,17)/b;5-3?,24-8+;6-4?,22-11+;;. The summed E-state index contributed by atoms with van der Waals surface area (Å²) in [6.45, 7) is 8.47. The number of thiocarbonyl (C=S) groups is 2. The van der Waals surface area contributed by atoms with E-state index in [0.717, 1.165) is 153 Å². The third-order valence-corrected chi connectivity index (χ3v) is 31.3. The first kappa shape index (κ1) is 113. The number of aliphatic carboxylic acids is 6. The van der Waals surface area contributed by atoms with E-state index in [0.29, 0.717) is 55.1 Å². The number of urea groups is 1. The number of carbonyl (C=O) groups is 11. The number of amides is 6. The highest BCUT2D eigenvalue weighted by Gasteiger charge is 2.47. The maximum Gasteiger partial charge on any atom is 0.335 e. The molecule has 794 valence electrons. The van der Waals surface area contributed by atoms with E-state index in [4.69, 9.17) is 69.3 Å². The lowest BCUT2D eigenvalue weighted by atomic mass is 9.96. The highest BCUT2D eigenvalue weighted by molar-refractivity contribution is 8.27. The number of fused-ring (bicyclic) bond motifs is 9. The summed E-state index contributed by atoms with van der Waals surface area (Å²) in [7, 11) is 11.3. The van der Waals surface area contributed by atoms with Gasteiger partial charge in [-0.1, -0.05) is 237 Å². The van der Waals surface area contributed by atoms with Crippen LogP contribution >= 0.6 is 48.0 Å². The minimum absolute atomic E-state index is 0.113. The van der Waals surface area contributed by atoms with Crippen LogP contribution in [-0.4, -0.2) is 250 Å². The molecule has 8 aliphatic heterocycles. The van der Waals surface area contributed by atoms with Crippen molar-refractivity contribution in [2.45, 2.75) is 198 Å². The summed E-state index contributed by atoms with van der Waals surface area (Å²) in [5.74, 6) is -6.46. The average molecular weight is 2120 g/mol. The van der Waals surface area contributed by atoms with Gasteiger partial charge in [-0.2, -0.15) is 0 Å². The Morgan fingerprint density at radius 2 is 0.820 bits per heavy atom. The van der Waals surface area contributed by atoms with Crippen LogP contribution in [-0.2, 0) is 47.9 Å². The summed E-state index contributed by atoms with van der Waals surface area (Å²) in [6.07, 6.45) is 47.2. The molecular formula is C115H135N11O20S4. The molecule has 8 heterocycles. The van der Waals surface area contributed by atoms with Gasteiger partial charge in [0.25, 0.3) is 23.6 Å². The Labute approximate surface area is 896 Å². The molecule has 6 atom stereocenters. The molecule has 3 saturated heterocycles. The first-order valence-corrected chi connectivity index (χ1v) is 53.8. The molecule has 31 nitrogen and oxygen atoms in total. The van der Waals surface area contributed by atoms with Crippen LogP contribution in [0.25, 0.3) is 30.4 Å². The number of imide groups is 2. The number of hydrogen-bond donors (Lipinski definition) is 6. The molecule has 0 radical (unpaired) electrons. The molecular weight excluding hydrogens is 1980 g/mol. The molecule has 6 unspecified atom stereocenters. The van der Waals surface area contributed by atoms with Crippen LogP contribution in [0.1, 0.15) is 213 Å². The maximum atomic E-state index is 12.7. The predicted molar refractivity (Wildman–Crippen MR) is 601 cm³/mol. The number of anilines is 9. The van der Waals surface area contributed by atoms with Gasteiger partial charge in [-0.05, 0) is 200 Å². The number of thioether (sulfide) groups is 2. The summed E-state index contributed by atoms with van der Waals surface area (Å²) in [5, 5.41) is 53.4. The minimum Gasteiger partial charge on any atom is -0.497 e. The quantitative estimate of drug-likeness (QED) is 0.00906. The van der Waals surface area contributed by atoms with E-state index in [1.807, 2.05) is 91.8 Å². The van der Waals surface area contributed by atoms with Gasteiger partial charge in [0.2, 0.25) is 0 Å². The summed E-state index contributed by atoms with van der Waals surface area (Å²) >= 11 is 12.6. The van der Waals surface area contributed by atoms with Gasteiger partial charge in [-0.15, -0.1) is 0 Å². The fourth-order valence-electron chi connectivity index (χ4n) is 20.6. The van der Waals surface area contributed by atoms with E-state index in [-0.39, 0.29) is 26.6 Å². The number of nitrogens with zero attached hydrogens (tertiary/aromatic N) is 11. The first-order chi connectivity index (χ1) is 72.1. The second kappa shape index (κ2) is 53.9. The zero-order chi connectivity index (χ0) is 108. The van der Waals surface area contributed by atoms with Crippen molar-refractivity contribution in [3.63, 3.8) is 0 Å². The number of ether oxygens (including phenoxy) is 3. The molecule has 0 spiro atoms. The number of benzene rings is 7. The van der Waals surface area contributed by atoms with E-state index < -0.39 is 85.4 Å². The Kier molecular flexibility index (Phi) is 40.7. The number of carbonyl (C=O) groups excluding carboxylic acids is 5. The molecule has 35 heteroatoms. The van der Waals surface area contributed by atoms with Crippen molar-refractivity contribution in [2.24, 2.45) is 0 Å². The van der Waals surface area contributed by atoms with Gasteiger partial charge < -0.3 is 79.1 Å². The van der Waals surface area contributed by atoms with Crippen LogP contribution in [0.3, 0.4) is 0 Å². The van der Waals surface area contributed by atoms with Gasteiger partial charge in [-0.25, -0.2) is 24.2 Å². The van der Waals surface area contributed by atoms with Gasteiger partial charge in [0.15, 0.2) is 0 Å². The van der Waals surface area contributed by atoms with Gasteiger partial charge in [0.1, 0.15) is 63.7 Å². The third-order valence-electron chi connectivity index (χ3n) is 28.5. The summed E-state index contributed by atoms with van der Waals surface area (Å²) < 4.78 is 17.8. The second-order valence-electron chi connectivity index (χ2n) is 38.8. The number of methoxy groups -OCH3 is 2. The number of hydrogen-bond acceptors (Lipinski definition) is 25. The molecule has 2 aliphatic carbocycles. The lowest BCUT2D eigenvalue weighted by Crippen LogP contribution is -2.58. The summed E-state index contributed by atoms with van der Waals surface area (Å²) in [6, 6.07) is 46.8. The van der Waals surface area contributed by atoms with Crippen LogP contribution in [0, 0.1) is 0 Å². The van der Waals surface area contributed by atoms with E-state index in [2.05, 4.69) is 143 Å². The van der Waals surface area contributed by atoms with Gasteiger partial charge in [0, 0.05) is 120 Å². The summed E-state index contributed by atoms with van der Waals surface area (Å²) in [5.41, 5.74) is 16.7. The average Bonchev–Trinajstić information content (AvgIpc) is 1.59. The van der Waals surface area contributed by atoms with Gasteiger partial charge in [0.05, 0.1) is 64.2 Å². The lowest BCUT2D eigenvalue weighted by Gasteiger charge is -2.41. The van der Waals surface area contributed by atoms with Crippen molar-refractivity contribution < 1.29 is 97.6 Å². The Bertz CT molecular complexity index is 6340. The van der Waals surface area contributed by atoms with Crippen molar-refractivity contribution in [3.05, 3.63) is 230 Å². The molecule has 6 amide bonds. The highest BCUT2D eigenvalue weighted by atomic mass is 32.2. The number of barbiturate groups is 1. The Hall–Kier alpha value is -14.0. The molecule has 150 heavy (non-hydrogen) atoms. The van der Waals surface area contributed by atoms with Crippen LogP contribution in [0.2, 0.25) is 0 Å². The first-order valence-electron chi connectivity index (χ1n) is 51.4. The number of para-hydroxylation sites is 1. The number of rotatable bonds is 38. The van der Waals surface area contributed by atoms with E-state index in [1.165, 1.54) is 174 Å². The fraction of sp³-hybridized carbons (Fsp3) is 0.400. The number of likely N-dealkylation sites (N-methyl/N-ethyl adjacent to an activating group) is 4. The normalized spacial score (nSPS) is 19.4. The maximum absolute atomic E-state index is 12.7. The molecule has 5 fully saturated rings. The third kappa shape index (κ3) is 29.0. The number of unbranched alkanes of at least 4 members (excludes halogenated alkanes) is 15. The molecule has 7 aromatic carbocycles. The summed E-state index contributed by atoms with van der Waals surface area (Å²) in [4.78, 5) is 148. The van der Waals surface area contributed by atoms with E-state index in [1.54, 1.807) is 50.7 Å². The van der Waals surface area contributed by atoms with Crippen LogP contribution in [0.5, 0.6) is 17.2 Å². The number of carboxylic acid groups (broad SMARTS) is 6. The monoisotopic (exact) mass is 2120 g/mol. The molecule has 0 bridgehead atoms. The lowest BCUT2D eigenvalue weighted by molar-refractivity contribution is -0.147. The smallest absolute Gasteiger partial charge is 0.335 e. The zero-order valence-electron chi connectivity index (χ0n) is 86.5. The van der Waals surface area contributed by atoms with Crippen molar-refractivity contribution in [2.75, 3.05) is 136 Å². The largest absolute Gasteiger partial charge is 0.497 e. The fourth-order valence-corrected chi connectivity index (χ4v) is 23.0. The second-order valence-corrected chi connectivity index (χ2v) is 42.1. The van der Waals surface area contributed by atoms with Crippen molar-refractivity contribution >= 4 is 204 Å². The number of allylic oxidation sites excluding steroid dienone is 4. The molecule has 7 aromatic rings. The Morgan fingerprint density at radius 3 is 1.27 bits per heavy atom. The van der Waals surface area contributed by atoms with Gasteiger partial charge >= 0.3 is 41.8 Å². The zero-order valence-corrected chi connectivity index (χ0v) is 89.7. The van der Waals surface area contributed by atoms with Crippen LogP contribution < -0.4 is 48.5 Å². The minimum atomic E-state index is -1.47. The SMILES string of the molecule is CCCCCCCCCCCCCCCCCCN1c2ccc(C=CC(=O)O)cc2OC(C)C1C.CN1CCN(C)c2cc(C=C3C(=O)N(CC(=O)O)C(=O)N(CC(=O)O)C3=O)ccc21.CN1CCN(C)c2cc(C=CC(=O)O)ccc21.COc1ccc(N2c3ccc(C=C/C=C4/SC(=S)N(CC(=O)O)C4=O)cc3C3CCCC32)c(OC)c1.O=C(O)CN1C(=O)/C(=C\C=Cc2ccc3c(c2)C2CCCC2N3c2ccccc2)SC1=S. The Morgan fingerprint density at radius 1 is 0.420 bits per heavy atom. The molecule has 2 saturated carbocycles. The van der Waals surface area contributed by atoms with E-state index >= 15 is 0 Å². The van der Waals surface area contributed by atoms with Gasteiger partial charge in [-0.3, -0.25) is 48.2 Å². The molecule has 10 aliphatic rings. The van der Waals surface area contributed by atoms with Crippen molar-refractivity contribution in [1.29, 1.82) is 0 Å². The van der Waals surface area contributed by atoms with Crippen LogP contribution in [0.4, 0.5) is 56.0 Å². The molecule has 0 aromatic heterocycles. The highest BCUT2D eigenvalue weighted by Crippen LogP contribution is 2.56. The van der Waals surface area contributed by atoms with Crippen LogP contribution in [0.15, 0.2) is 191 Å². The van der Waals surface area contributed by atoms with E-state index in [9.17, 15) is 52.7 Å². The Balaban J connectivity index is 0.000000159. The topological polar surface area (TPSA) is 372 Å².